The van der Waals surface area contributed by atoms with E-state index in [-0.39, 0.29) is 4.99 Å². The maximum atomic E-state index is 5.90. The molecule has 0 aliphatic heterocycles. The number of furan rings is 1. The Labute approximate surface area is 118 Å². The Morgan fingerprint density at radius 2 is 2.16 bits per heavy atom. The van der Waals surface area contributed by atoms with E-state index in [2.05, 4.69) is 13.8 Å². The van der Waals surface area contributed by atoms with Gasteiger partial charge in [0.15, 0.2) is 5.75 Å². The van der Waals surface area contributed by atoms with Gasteiger partial charge in [0.25, 0.3) is 0 Å². The largest absolute Gasteiger partial charge is 0.488 e. The van der Waals surface area contributed by atoms with E-state index in [1.165, 1.54) is 0 Å². The lowest BCUT2D eigenvalue weighted by Crippen LogP contribution is -2.13. The lowest BCUT2D eigenvalue weighted by molar-refractivity contribution is 0.251. The van der Waals surface area contributed by atoms with E-state index in [0.717, 1.165) is 23.8 Å². The average molecular weight is 277 g/mol. The van der Waals surface area contributed by atoms with Gasteiger partial charge in [0.1, 0.15) is 10.6 Å². The maximum Gasteiger partial charge on any atom is 0.204 e. The van der Waals surface area contributed by atoms with E-state index >= 15 is 0 Å². The number of benzene rings is 1. The Morgan fingerprint density at radius 3 is 2.84 bits per heavy atom. The summed E-state index contributed by atoms with van der Waals surface area (Å²) in [5, 5.41) is 0.925. The lowest BCUT2D eigenvalue weighted by Gasteiger charge is -2.12. The van der Waals surface area contributed by atoms with Crippen molar-refractivity contribution < 1.29 is 9.15 Å². The van der Waals surface area contributed by atoms with Gasteiger partial charge in [-0.25, -0.2) is 0 Å². The molecule has 1 heterocycles. The predicted molar refractivity (Wildman–Crippen MR) is 81.7 cm³/mol. The second-order valence-corrected chi connectivity index (χ2v) is 5.27. The van der Waals surface area contributed by atoms with Gasteiger partial charge in [-0.2, -0.15) is 0 Å². The minimum atomic E-state index is 0.231. The molecule has 0 amide bonds. The molecular formula is C15H19NO2S. The Bertz CT molecular complexity index is 577. The third-order valence-corrected chi connectivity index (χ3v) is 3.25. The van der Waals surface area contributed by atoms with Crippen LogP contribution in [0.25, 0.3) is 11.0 Å². The summed E-state index contributed by atoms with van der Waals surface area (Å²) in [7, 11) is 0. The van der Waals surface area contributed by atoms with Crippen LogP contribution in [0.15, 0.2) is 28.7 Å². The number of rotatable bonds is 6. The molecule has 0 spiro atoms. The van der Waals surface area contributed by atoms with Crippen LogP contribution in [-0.4, -0.2) is 11.6 Å². The summed E-state index contributed by atoms with van der Waals surface area (Å²) in [6.07, 6.45) is 2.29. The Balaban J connectivity index is 2.29. The fraction of sp³-hybridized carbons (Fsp3) is 0.400. The van der Waals surface area contributed by atoms with Crippen LogP contribution >= 0.6 is 12.2 Å². The first kappa shape index (κ1) is 13.9. The Morgan fingerprint density at radius 1 is 1.42 bits per heavy atom. The monoisotopic (exact) mass is 277 g/mol. The SMILES string of the molecule is CCCC(C)COc1c(C(N)=S)oc2ccccc12. The molecule has 2 N–H and O–H groups in total. The second kappa shape index (κ2) is 6.06. The van der Waals surface area contributed by atoms with Crippen molar-refractivity contribution in [2.24, 2.45) is 11.7 Å². The summed E-state index contributed by atoms with van der Waals surface area (Å²) >= 11 is 5.03. The molecule has 19 heavy (non-hydrogen) atoms. The molecule has 0 saturated carbocycles. The fourth-order valence-electron chi connectivity index (χ4n) is 2.13. The molecule has 2 aromatic rings. The predicted octanol–water partition coefficient (Wildman–Crippen LogP) is 3.88. The zero-order chi connectivity index (χ0) is 13.8. The van der Waals surface area contributed by atoms with Crippen LogP contribution in [0, 0.1) is 5.92 Å². The van der Waals surface area contributed by atoms with Crippen LogP contribution in [0.2, 0.25) is 0 Å². The summed E-state index contributed by atoms with van der Waals surface area (Å²) in [6.45, 7) is 4.99. The zero-order valence-corrected chi connectivity index (χ0v) is 12.1. The molecule has 3 nitrogen and oxygen atoms in total. The molecule has 0 bridgehead atoms. The highest BCUT2D eigenvalue weighted by Crippen LogP contribution is 2.33. The van der Waals surface area contributed by atoms with Crippen LogP contribution in [0.1, 0.15) is 32.4 Å². The maximum absolute atomic E-state index is 5.90. The highest BCUT2D eigenvalue weighted by molar-refractivity contribution is 7.80. The third kappa shape index (κ3) is 3.07. The van der Waals surface area contributed by atoms with Crippen LogP contribution in [0.4, 0.5) is 0 Å². The topological polar surface area (TPSA) is 48.4 Å². The molecule has 0 aliphatic rings. The Hall–Kier alpha value is -1.55. The molecule has 1 aromatic carbocycles. The van der Waals surface area contributed by atoms with Gasteiger partial charge in [0.05, 0.1) is 12.0 Å². The third-order valence-electron chi connectivity index (χ3n) is 3.07. The normalized spacial score (nSPS) is 12.5. The van der Waals surface area contributed by atoms with Crippen molar-refractivity contribution in [2.75, 3.05) is 6.61 Å². The van der Waals surface area contributed by atoms with E-state index < -0.39 is 0 Å². The minimum absolute atomic E-state index is 0.231. The quantitative estimate of drug-likeness (QED) is 0.814. The fourth-order valence-corrected chi connectivity index (χ4v) is 2.26. The first-order valence-electron chi connectivity index (χ1n) is 6.57. The minimum Gasteiger partial charge on any atom is -0.488 e. The van der Waals surface area contributed by atoms with E-state index in [9.17, 15) is 0 Å². The smallest absolute Gasteiger partial charge is 0.204 e. The number of fused-ring (bicyclic) bond motifs is 1. The number of hydrogen-bond acceptors (Lipinski definition) is 3. The van der Waals surface area contributed by atoms with Gasteiger partial charge >= 0.3 is 0 Å². The van der Waals surface area contributed by atoms with Gasteiger partial charge in [-0.05, 0) is 24.5 Å². The van der Waals surface area contributed by atoms with Crippen molar-refractivity contribution >= 4 is 28.2 Å². The van der Waals surface area contributed by atoms with Crippen LogP contribution < -0.4 is 10.5 Å². The first-order chi connectivity index (χ1) is 9.13. The van der Waals surface area contributed by atoms with Crippen molar-refractivity contribution in [3.63, 3.8) is 0 Å². The number of nitrogens with two attached hydrogens (primary N) is 1. The highest BCUT2D eigenvalue weighted by Gasteiger charge is 2.18. The van der Waals surface area contributed by atoms with E-state index in [4.69, 9.17) is 27.1 Å². The highest BCUT2D eigenvalue weighted by atomic mass is 32.1. The molecular weight excluding hydrogens is 258 g/mol. The molecule has 0 aliphatic carbocycles. The van der Waals surface area contributed by atoms with Gasteiger partial charge in [-0.15, -0.1) is 0 Å². The van der Waals surface area contributed by atoms with Gasteiger partial charge < -0.3 is 14.9 Å². The van der Waals surface area contributed by atoms with Crippen molar-refractivity contribution in [2.45, 2.75) is 26.7 Å². The van der Waals surface area contributed by atoms with E-state index in [0.29, 0.717) is 24.0 Å². The van der Waals surface area contributed by atoms with E-state index in [1.807, 2.05) is 24.3 Å². The number of para-hydroxylation sites is 1. The zero-order valence-electron chi connectivity index (χ0n) is 11.3. The Kier molecular flexibility index (Phi) is 4.43. The summed E-state index contributed by atoms with van der Waals surface area (Å²) in [4.78, 5) is 0.231. The van der Waals surface area contributed by atoms with Gasteiger partial charge in [0.2, 0.25) is 5.76 Å². The van der Waals surface area contributed by atoms with Gasteiger partial charge in [0, 0.05) is 0 Å². The van der Waals surface area contributed by atoms with Crippen molar-refractivity contribution in [3.05, 3.63) is 30.0 Å². The van der Waals surface area contributed by atoms with Crippen molar-refractivity contribution in [3.8, 4) is 5.75 Å². The summed E-state index contributed by atoms with van der Waals surface area (Å²) < 4.78 is 11.6. The molecule has 0 radical (unpaired) electrons. The second-order valence-electron chi connectivity index (χ2n) is 4.83. The van der Waals surface area contributed by atoms with Crippen molar-refractivity contribution in [1.82, 2.24) is 0 Å². The van der Waals surface area contributed by atoms with Gasteiger partial charge in [-0.3, -0.25) is 0 Å². The van der Waals surface area contributed by atoms with Gasteiger partial charge in [-0.1, -0.05) is 44.6 Å². The van der Waals surface area contributed by atoms with E-state index in [1.54, 1.807) is 0 Å². The molecule has 1 unspecified atom stereocenters. The first-order valence-corrected chi connectivity index (χ1v) is 6.98. The standard InChI is InChI=1S/C15H19NO2S/c1-3-6-10(2)9-17-13-11-7-4-5-8-12(11)18-14(13)15(16)19/h4-5,7-8,10H,3,6,9H2,1-2H3,(H2,16,19). The average Bonchev–Trinajstić information content (AvgIpc) is 2.75. The molecule has 0 fully saturated rings. The number of thiocarbonyl (C=S) groups is 1. The molecule has 4 heteroatoms. The lowest BCUT2D eigenvalue weighted by atomic mass is 10.1. The molecule has 1 aromatic heterocycles. The number of ether oxygens (including phenoxy) is 1. The van der Waals surface area contributed by atoms with Crippen LogP contribution in [0.5, 0.6) is 5.75 Å². The van der Waals surface area contributed by atoms with Crippen molar-refractivity contribution in [1.29, 1.82) is 0 Å². The summed E-state index contributed by atoms with van der Waals surface area (Å²) in [6, 6.07) is 7.71. The van der Waals surface area contributed by atoms with Crippen LogP contribution in [0.3, 0.4) is 0 Å². The molecule has 1 atom stereocenters. The molecule has 0 saturated heterocycles. The molecule has 102 valence electrons. The summed E-state index contributed by atoms with van der Waals surface area (Å²) in [5.74, 6) is 1.64. The summed E-state index contributed by atoms with van der Waals surface area (Å²) in [5.41, 5.74) is 6.45. The molecule has 2 rings (SSSR count). The number of hydrogen-bond donors (Lipinski definition) is 1. The van der Waals surface area contributed by atoms with Crippen LogP contribution in [-0.2, 0) is 0 Å².